The SMILES string of the molecule is O=C1NCCn2nc3c(c21)CCc1[nH]ncc1-3. The van der Waals surface area contributed by atoms with Crippen molar-refractivity contribution < 1.29 is 4.79 Å². The number of rotatable bonds is 0. The Labute approximate surface area is 97.0 Å². The van der Waals surface area contributed by atoms with Gasteiger partial charge in [-0.1, -0.05) is 0 Å². The van der Waals surface area contributed by atoms with E-state index in [1.165, 1.54) is 0 Å². The molecule has 6 nitrogen and oxygen atoms in total. The van der Waals surface area contributed by atoms with E-state index >= 15 is 0 Å². The van der Waals surface area contributed by atoms with Crippen molar-refractivity contribution in [3.63, 3.8) is 0 Å². The van der Waals surface area contributed by atoms with Crippen molar-refractivity contribution in [2.24, 2.45) is 0 Å². The van der Waals surface area contributed by atoms with E-state index in [-0.39, 0.29) is 5.91 Å². The number of carbonyl (C=O) groups excluding carboxylic acids is 1. The molecule has 1 amide bonds. The average Bonchev–Trinajstić information content (AvgIpc) is 2.91. The maximum atomic E-state index is 11.9. The van der Waals surface area contributed by atoms with Crippen LogP contribution in [0.1, 0.15) is 21.7 Å². The summed E-state index contributed by atoms with van der Waals surface area (Å²) in [4.78, 5) is 11.9. The number of nitrogens with one attached hydrogen (secondary N) is 2. The maximum absolute atomic E-state index is 11.9. The lowest BCUT2D eigenvalue weighted by molar-refractivity contribution is 0.0923. The van der Waals surface area contributed by atoms with Gasteiger partial charge in [0, 0.05) is 23.4 Å². The van der Waals surface area contributed by atoms with Crippen molar-refractivity contribution in [2.75, 3.05) is 6.54 Å². The van der Waals surface area contributed by atoms with Crippen molar-refractivity contribution in [2.45, 2.75) is 19.4 Å². The monoisotopic (exact) mass is 229 g/mol. The van der Waals surface area contributed by atoms with Crippen molar-refractivity contribution in [1.29, 1.82) is 0 Å². The van der Waals surface area contributed by atoms with Gasteiger partial charge in [-0.3, -0.25) is 14.6 Å². The third-order valence-corrected chi connectivity index (χ3v) is 3.47. The first-order valence-corrected chi connectivity index (χ1v) is 5.75. The molecule has 0 atom stereocenters. The fourth-order valence-corrected chi connectivity index (χ4v) is 2.68. The minimum absolute atomic E-state index is 0.00283. The van der Waals surface area contributed by atoms with Gasteiger partial charge >= 0.3 is 0 Å². The molecule has 0 unspecified atom stereocenters. The van der Waals surface area contributed by atoms with E-state index in [9.17, 15) is 4.79 Å². The molecular formula is C11H11N5O. The molecule has 0 aromatic carbocycles. The van der Waals surface area contributed by atoms with Gasteiger partial charge in [0.1, 0.15) is 5.69 Å². The summed E-state index contributed by atoms with van der Waals surface area (Å²) in [5, 5.41) is 14.5. The lowest BCUT2D eigenvalue weighted by Gasteiger charge is -2.16. The molecule has 3 heterocycles. The number of H-pyrrole nitrogens is 1. The Morgan fingerprint density at radius 1 is 1.35 bits per heavy atom. The Bertz CT molecular complexity index is 624. The van der Waals surface area contributed by atoms with Crippen molar-refractivity contribution in [1.82, 2.24) is 25.3 Å². The highest BCUT2D eigenvalue weighted by Crippen LogP contribution is 2.33. The normalized spacial score (nSPS) is 17.1. The number of hydrogen-bond donors (Lipinski definition) is 2. The second kappa shape index (κ2) is 2.97. The summed E-state index contributed by atoms with van der Waals surface area (Å²) in [7, 11) is 0. The van der Waals surface area contributed by atoms with E-state index in [1.807, 2.05) is 4.68 Å². The van der Waals surface area contributed by atoms with Crippen LogP contribution in [0.25, 0.3) is 11.3 Å². The summed E-state index contributed by atoms with van der Waals surface area (Å²) >= 11 is 0. The minimum Gasteiger partial charge on any atom is -0.349 e. The highest BCUT2D eigenvalue weighted by Gasteiger charge is 2.30. The van der Waals surface area contributed by atoms with Crippen molar-refractivity contribution >= 4 is 5.91 Å². The molecule has 17 heavy (non-hydrogen) atoms. The second-order valence-corrected chi connectivity index (χ2v) is 4.42. The van der Waals surface area contributed by atoms with Gasteiger partial charge in [-0.2, -0.15) is 10.2 Å². The van der Waals surface area contributed by atoms with Gasteiger partial charge in [-0.05, 0) is 12.8 Å². The number of nitrogens with zero attached hydrogens (tertiary/aromatic N) is 3. The fraction of sp³-hybridized carbons (Fsp3) is 0.364. The molecule has 0 radical (unpaired) electrons. The summed E-state index contributed by atoms with van der Waals surface area (Å²) in [5.74, 6) is -0.00283. The molecule has 2 N–H and O–H groups in total. The zero-order valence-corrected chi connectivity index (χ0v) is 9.16. The minimum atomic E-state index is -0.00283. The highest BCUT2D eigenvalue weighted by molar-refractivity contribution is 5.96. The van der Waals surface area contributed by atoms with Gasteiger partial charge in [0.25, 0.3) is 5.91 Å². The number of hydrogen-bond acceptors (Lipinski definition) is 3. The van der Waals surface area contributed by atoms with E-state index in [4.69, 9.17) is 0 Å². The van der Waals surface area contributed by atoms with Crippen molar-refractivity contribution in [3.05, 3.63) is 23.1 Å². The standard InChI is InChI=1S/C11H11N5O/c17-11-10-6-1-2-8-7(5-13-14-8)9(6)15-16(10)4-3-12-11/h5H,1-4H2,(H,12,17)(H,13,14). The van der Waals surface area contributed by atoms with Gasteiger partial charge in [0.2, 0.25) is 0 Å². The Morgan fingerprint density at radius 3 is 3.24 bits per heavy atom. The smallest absolute Gasteiger partial charge is 0.269 e. The summed E-state index contributed by atoms with van der Waals surface area (Å²) in [6, 6.07) is 0. The van der Waals surface area contributed by atoms with Crippen LogP contribution in [0.3, 0.4) is 0 Å². The van der Waals surface area contributed by atoms with Crippen LogP contribution < -0.4 is 5.32 Å². The molecule has 86 valence electrons. The Morgan fingerprint density at radius 2 is 2.29 bits per heavy atom. The summed E-state index contributed by atoms with van der Waals surface area (Å²) in [6.45, 7) is 1.41. The van der Waals surface area contributed by atoms with E-state index in [0.29, 0.717) is 6.54 Å². The number of aromatic amines is 1. The molecule has 2 aromatic heterocycles. The average molecular weight is 229 g/mol. The number of carbonyl (C=O) groups is 1. The molecule has 0 saturated heterocycles. The third kappa shape index (κ3) is 1.07. The van der Waals surface area contributed by atoms with E-state index in [0.717, 1.165) is 47.6 Å². The largest absolute Gasteiger partial charge is 0.349 e. The van der Waals surface area contributed by atoms with E-state index in [2.05, 4.69) is 20.6 Å². The molecular weight excluding hydrogens is 218 g/mol. The number of fused-ring (bicyclic) bond motifs is 5. The molecule has 0 saturated carbocycles. The van der Waals surface area contributed by atoms with Crippen LogP contribution in [0.5, 0.6) is 0 Å². The lowest BCUT2D eigenvalue weighted by atomic mass is 9.94. The molecule has 2 aromatic rings. The van der Waals surface area contributed by atoms with Crippen LogP contribution in [0, 0.1) is 0 Å². The molecule has 1 aliphatic heterocycles. The third-order valence-electron chi connectivity index (χ3n) is 3.47. The molecule has 0 spiro atoms. The topological polar surface area (TPSA) is 75.6 Å². The number of aryl methyl sites for hydroxylation is 1. The van der Waals surface area contributed by atoms with Crippen molar-refractivity contribution in [3.8, 4) is 11.3 Å². The highest BCUT2D eigenvalue weighted by atomic mass is 16.2. The first-order chi connectivity index (χ1) is 8.34. The number of aromatic nitrogens is 4. The van der Waals surface area contributed by atoms with Crippen LogP contribution in [0.15, 0.2) is 6.20 Å². The van der Waals surface area contributed by atoms with Crippen LogP contribution in [0.2, 0.25) is 0 Å². The Balaban J connectivity index is 2.00. The molecule has 1 aliphatic carbocycles. The number of amides is 1. The van der Waals surface area contributed by atoms with E-state index in [1.54, 1.807) is 6.20 Å². The predicted octanol–water partition coefficient (Wildman–Crippen LogP) is 0.115. The van der Waals surface area contributed by atoms with Crippen LogP contribution >= 0.6 is 0 Å². The van der Waals surface area contributed by atoms with Gasteiger partial charge in [-0.15, -0.1) is 0 Å². The maximum Gasteiger partial charge on any atom is 0.269 e. The van der Waals surface area contributed by atoms with Gasteiger partial charge < -0.3 is 5.32 Å². The first kappa shape index (κ1) is 8.98. The molecule has 2 aliphatic rings. The first-order valence-electron chi connectivity index (χ1n) is 5.75. The lowest BCUT2D eigenvalue weighted by Crippen LogP contribution is -2.36. The predicted molar refractivity (Wildman–Crippen MR) is 59.5 cm³/mol. The molecule has 4 rings (SSSR count). The van der Waals surface area contributed by atoms with E-state index < -0.39 is 0 Å². The molecule has 0 bridgehead atoms. The second-order valence-electron chi connectivity index (χ2n) is 4.42. The fourth-order valence-electron chi connectivity index (χ4n) is 2.68. The van der Waals surface area contributed by atoms with Crippen LogP contribution in [-0.4, -0.2) is 32.4 Å². The zero-order valence-electron chi connectivity index (χ0n) is 9.16. The Kier molecular flexibility index (Phi) is 1.57. The van der Waals surface area contributed by atoms with Crippen LogP contribution in [-0.2, 0) is 19.4 Å². The molecule has 0 fully saturated rings. The summed E-state index contributed by atoms with van der Waals surface area (Å²) in [6.07, 6.45) is 3.55. The summed E-state index contributed by atoms with van der Waals surface area (Å²) in [5.41, 5.74) is 4.88. The molecule has 6 heteroatoms. The van der Waals surface area contributed by atoms with Gasteiger partial charge in [0.15, 0.2) is 0 Å². The van der Waals surface area contributed by atoms with Gasteiger partial charge in [0.05, 0.1) is 18.4 Å². The quantitative estimate of drug-likeness (QED) is 0.673. The Hall–Kier alpha value is -2.11. The summed E-state index contributed by atoms with van der Waals surface area (Å²) < 4.78 is 1.82. The zero-order chi connectivity index (χ0) is 11.4. The van der Waals surface area contributed by atoms with Gasteiger partial charge in [-0.25, -0.2) is 0 Å². The van der Waals surface area contributed by atoms with Crippen LogP contribution in [0.4, 0.5) is 0 Å².